The topological polar surface area (TPSA) is 373 Å². The molecule has 0 aliphatic carbocycles. The lowest BCUT2D eigenvalue weighted by atomic mass is 9.88. The molecule has 3 aliphatic heterocycles. The predicted octanol–water partition coefficient (Wildman–Crippen LogP) is 9.41. The summed E-state index contributed by atoms with van der Waals surface area (Å²) in [6.07, 6.45) is 28.4. The first-order valence-electron chi connectivity index (χ1n) is 39.1. The van der Waals surface area contributed by atoms with Gasteiger partial charge in [0.1, 0.15) is 67.1 Å². The quantitative estimate of drug-likeness (QED) is 0.0199. The summed E-state index contributed by atoms with van der Waals surface area (Å²) < 4.78 is 34.9. The number of rotatable bonds is 61. The molecule has 3 saturated heterocycles. The SMILES string of the molecule is CCCCCCCCCCCCCCC/C=C/C(O)C(COC1OC(CO)C(OC2OC(CO)C(O)C(OC3(C(=O)O)CC(O)C(NC(C)=O)C(C(O)C(O)CO)O3)C2O)C(O)C1O)NC(=O)CCCCCCCCCCCCCCCCCCCCCCCCCCCCCCC. The van der Waals surface area contributed by atoms with E-state index in [4.69, 9.17) is 28.4 Å². The van der Waals surface area contributed by atoms with Crippen molar-refractivity contribution in [2.75, 3.05) is 26.4 Å². The number of aliphatic hydroxyl groups is 11. The van der Waals surface area contributed by atoms with Crippen molar-refractivity contribution in [3.8, 4) is 0 Å². The van der Waals surface area contributed by atoms with Gasteiger partial charge in [-0.25, -0.2) is 4.79 Å². The Kier molecular flexibility index (Phi) is 50.4. The lowest BCUT2D eigenvalue weighted by Gasteiger charge is -2.50. The molecule has 0 spiro atoms. The van der Waals surface area contributed by atoms with E-state index in [1.54, 1.807) is 6.08 Å². The smallest absolute Gasteiger partial charge is 0.364 e. The van der Waals surface area contributed by atoms with Gasteiger partial charge >= 0.3 is 5.97 Å². The highest BCUT2D eigenvalue weighted by atomic mass is 16.8. The van der Waals surface area contributed by atoms with Crippen molar-refractivity contribution in [2.24, 2.45) is 0 Å². The maximum atomic E-state index is 13.5. The number of allylic oxidation sites excluding steroid dienone is 1. The monoisotopic (exact) mass is 1400 g/mol. The molecule has 23 heteroatoms. The largest absolute Gasteiger partial charge is 0.477 e. The van der Waals surface area contributed by atoms with E-state index in [1.165, 1.54) is 218 Å². The fraction of sp³-hybridized carbons (Fsp3) is 0.933. The van der Waals surface area contributed by atoms with Gasteiger partial charge in [-0.1, -0.05) is 283 Å². The van der Waals surface area contributed by atoms with E-state index < -0.39 is 155 Å². The first kappa shape index (κ1) is 89.7. The molecule has 0 radical (unpaired) electrons. The van der Waals surface area contributed by atoms with E-state index in [2.05, 4.69) is 24.5 Å². The van der Waals surface area contributed by atoms with Crippen LogP contribution in [-0.4, -0.2) is 215 Å². The summed E-state index contributed by atoms with van der Waals surface area (Å²) in [5.41, 5.74) is 0. The number of carbonyl (C=O) groups excluding carboxylic acids is 2. The van der Waals surface area contributed by atoms with Crippen molar-refractivity contribution in [2.45, 2.75) is 420 Å². The molecule has 18 unspecified atom stereocenters. The van der Waals surface area contributed by atoms with E-state index in [9.17, 15) is 75.7 Å². The average molecular weight is 1410 g/mol. The van der Waals surface area contributed by atoms with E-state index >= 15 is 0 Å². The van der Waals surface area contributed by atoms with Gasteiger partial charge in [0, 0.05) is 19.8 Å². The van der Waals surface area contributed by atoms with Gasteiger partial charge in [-0.15, -0.1) is 0 Å². The number of ether oxygens (including phenoxy) is 6. The molecule has 0 aromatic heterocycles. The Balaban J connectivity index is 1.50. The standard InChI is InChI=1S/C75H140N2O21/c1-4-6-8-10-12-14-16-18-20-21-22-23-24-25-26-27-28-29-30-31-32-33-35-37-39-41-43-45-47-49-62(85)77-56(57(82)48-46-44-42-40-38-36-34-19-17-15-13-11-9-7-5-2)54-93-72-67(89)66(88)69(61(53-80)95-72)96-73-68(90)71(65(87)60(52-79)94-73)98-75(74(91)92)50-58(83)63(76-55(3)81)70(97-75)64(86)59(84)51-78/h46,48,56-61,63-73,78-80,82-84,86-90H,4-45,47,49-54H2,1-3H3,(H,76,81)(H,77,85)(H,91,92)/b48-46+. The Labute approximate surface area is 588 Å². The molecule has 98 heavy (non-hydrogen) atoms. The van der Waals surface area contributed by atoms with Crippen LogP contribution in [0.1, 0.15) is 310 Å². The second-order valence-electron chi connectivity index (χ2n) is 28.6. The Hall–Kier alpha value is -2.53. The second kappa shape index (κ2) is 55.0. The number of aliphatic carboxylic acids is 1. The minimum Gasteiger partial charge on any atom is -0.477 e. The minimum atomic E-state index is -3.08. The minimum absolute atomic E-state index is 0.205. The number of aliphatic hydroxyl groups excluding tert-OH is 11. The first-order valence-corrected chi connectivity index (χ1v) is 39.1. The molecule has 3 heterocycles. The summed E-state index contributed by atoms with van der Waals surface area (Å²) in [5.74, 6) is -6.13. The molecular weight excluding hydrogens is 1260 g/mol. The Morgan fingerprint density at radius 3 is 1.36 bits per heavy atom. The normalized spacial score (nSPS) is 27.3. The van der Waals surface area contributed by atoms with Crippen LogP contribution in [0.5, 0.6) is 0 Å². The van der Waals surface area contributed by atoms with Crippen molar-refractivity contribution >= 4 is 17.8 Å². The van der Waals surface area contributed by atoms with Gasteiger partial charge in [-0.05, 0) is 19.3 Å². The number of carboxylic acids is 1. The summed E-state index contributed by atoms with van der Waals surface area (Å²) in [4.78, 5) is 38.6. The van der Waals surface area contributed by atoms with Crippen LogP contribution in [0.25, 0.3) is 0 Å². The van der Waals surface area contributed by atoms with Crippen molar-refractivity contribution < 1.29 is 104 Å². The van der Waals surface area contributed by atoms with Crippen LogP contribution in [0.15, 0.2) is 12.2 Å². The van der Waals surface area contributed by atoms with Crippen molar-refractivity contribution in [3.05, 3.63) is 12.2 Å². The van der Waals surface area contributed by atoms with Crippen molar-refractivity contribution in [1.82, 2.24) is 10.6 Å². The summed E-state index contributed by atoms with van der Waals surface area (Å²) in [6, 6.07) is -2.61. The third-order valence-electron chi connectivity index (χ3n) is 20.0. The molecule has 2 amide bonds. The Morgan fingerprint density at radius 2 is 0.949 bits per heavy atom. The van der Waals surface area contributed by atoms with Crippen LogP contribution in [0, 0.1) is 0 Å². The predicted molar refractivity (Wildman–Crippen MR) is 375 cm³/mol. The van der Waals surface area contributed by atoms with Crippen LogP contribution in [0.2, 0.25) is 0 Å². The first-order chi connectivity index (χ1) is 47.4. The molecule has 18 atom stereocenters. The zero-order chi connectivity index (χ0) is 71.8. The van der Waals surface area contributed by atoms with Crippen LogP contribution >= 0.6 is 0 Å². The number of nitrogens with one attached hydrogen (secondary N) is 2. The fourth-order valence-corrected chi connectivity index (χ4v) is 13.8. The average Bonchev–Trinajstić information content (AvgIpc) is 0.755. The molecule has 0 aromatic carbocycles. The number of hydrogen-bond acceptors (Lipinski definition) is 20. The van der Waals surface area contributed by atoms with Crippen LogP contribution in [0.4, 0.5) is 0 Å². The highest BCUT2D eigenvalue weighted by Gasteiger charge is 2.60. The third-order valence-corrected chi connectivity index (χ3v) is 20.0. The molecule has 3 aliphatic rings. The van der Waals surface area contributed by atoms with E-state index in [1.807, 2.05) is 6.08 Å². The van der Waals surface area contributed by atoms with Gasteiger partial charge < -0.3 is 100 Å². The Morgan fingerprint density at radius 1 is 0.531 bits per heavy atom. The number of carboxylic acid groups (broad SMARTS) is 1. The molecule has 14 N–H and O–H groups in total. The zero-order valence-corrected chi connectivity index (χ0v) is 60.7. The molecule has 3 fully saturated rings. The van der Waals surface area contributed by atoms with Gasteiger partial charge in [0.05, 0.1) is 50.7 Å². The highest BCUT2D eigenvalue weighted by molar-refractivity contribution is 5.77. The van der Waals surface area contributed by atoms with Crippen molar-refractivity contribution in [3.63, 3.8) is 0 Å². The highest BCUT2D eigenvalue weighted by Crippen LogP contribution is 2.39. The summed E-state index contributed by atoms with van der Waals surface area (Å²) in [5, 5.41) is 136. The molecule has 0 saturated carbocycles. The summed E-state index contributed by atoms with van der Waals surface area (Å²) in [7, 11) is 0. The number of hydrogen-bond donors (Lipinski definition) is 14. The molecule has 23 nitrogen and oxygen atoms in total. The third kappa shape index (κ3) is 35.8. The molecule has 0 aromatic rings. The van der Waals surface area contributed by atoms with Crippen LogP contribution in [-0.2, 0) is 42.8 Å². The van der Waals surface area contributed by atoms with Gasteiger partial charge in [0.2, 0.25) is 11.8 Å². The summed E-state index contributed by atoms with van der Waals surface area (Å²) in [6.45, 7) is 2.17. The van der Waals surface area contributed by atoms with Gasteiger partial charge in [0.25, 0.3) is 5.79 Å². The van der Waals surface area contributed by atoms with E-state index in [0.29, 0.717) is 12.8 Å². The van der Waals surface area contributed by atoms with Crippen molar-refractivity contribution in [1.29, 1.82) is 0 Å². The number of amides is 2. The zero-order valence-electron chi connectivity index (χ0n) is 60.7. The maximum Gasteiger partial charge on any atom is 0.364 e. The molecule has 576 valence electrons. The fourth-order valence-electron chi connectivity index (χ4n) is 13.8. The molecule has 0 bridgehead atoms. The summed E-state index contributed by atoms with van der Waals surface area (Å²) >= 11 is 0. The molecule has 3 rings (SSSR count). The van der Waals surface area contributed by atoms with E-state index in [-0.39, 0.29) is 12.3 Å². The number of carbonyl (C=O) groups is 3. The van der Waals surface area contributed by atoms with E-state index in [0.717, 1.165) is 51.9 Å². The maximum absolute atomic E-state index is 13.5. The second-order valence-corrected chi connectivity index (χ2v) is 28.6. The Bertz CT molecular complexity index is 2010. The van der Waals surface area contributed by atoms with Gasteiger partial charge in [0.15, 0.2) is 12.6 Å². The van der Waals surface area contributed by atoms with Gasteiger partial charge in [-0.2, -0.15) is 0 Å². The van der Waals surface area contributed by atoms with Crippen LogP contribution in [0.3, 0.4) is 0 Å². The lowest BCUT2D eigenvalue weighted by Crippen LogP contribution is -2.70. The van der Waals surface area contributed by atoms with Gasteiger partial charge in [-0.3, -0.25) is 9.59 Å². The number of unbranched alkanes of at least 4 members (excludes halogenated alkanes) is 41. The molecular formula is C75H140N2O21. The van der Waals surface area contributed by atoms with Crippen LogP contribution < -0.4 is 10.6 Å². The lowest BCUT2D eigenvalue weighted by molar-refractivity contribution is -0.386.